The van der Waals surface area contributed by atoms with E-state index in [4.69, 9.17) is 18.9 Å². The van der Waals surface area contributed by atoms with Gasteiger partial charge in [0.2, 0.25) is 13.6 Å². The zero-order valence-corrected chi connectivity index (χ0v) is 17.0. The van der Waals surface area contributed by atoms with Crippen molar-refractivity contribution in [1.82, 2.24) is 0 Å². The van der Waals surface area contributed by atoms with Gasteiger partial charge in [0.25, 0.3) is 0 Å². The Labute approximate surface area is 181 Å². The normalized spacial score (nSPS) is 13.5. The van der Waals surface area contributed by atoms with Gasteiger partial charge in [-0.1, -0.05) is 12.1 Å². The summed E-state index contributed by atoms with van der Waals surface area (Å²) in [5.41, 5.74) is 1.61. The van der Waals surface area contributed by atoms with Crippen LogP contribution in [0.5, 0.6) is 23.0 Å². The van der Waals surface area contributed by atoms with Crippen LogP contribution < -0.4 is 18.9 Å². The van der Waals surface area contributed by atoms with Gasteiger partial charge in [-0.2, -0.15) is 0 Å². The molecule has 0 atom stereocenters. The first-order valence-corrected chi connectivity index (χ1v) is 8.29. The molecule has 0 aliphatic carbocycles. The molecule has 5 rings (SSSR count). The molecular weight excluding hydrogens is 375 g/mol. The van der Waals surface area contributed by atoms with Crippen molar-refractivity contribution < 1.29 is 34.0 Å². The van der Waals surface area contributed by atoms with E-state index < -0.39 is 12.6 Å². The maximum atomic E-state index is 11.8. The van der Waals surface area contributed by atoms with Crippen LogP contribution in [0, 0.1) is 0 Å². The molecule has 0 saturated carbocycles. The second-order valence-corrected chi connectivity index (χ2v) is 6.21. The molecule has 0 spiro atoms. The fraction of sp³-hybridized carbons (Fsp3) is 0.150. The fourth-order valence-electron chi connectivity index (χ4n) is 3.62. The molecule has 8 heteroatoms. The third-order valence-corrected chi connectivity index (χ3v) is 4.80. The topological polar surface area (TPSA) is 94.5 Å². The van der Waals surface area contributed by atoms with Gasteiger partial charge in [0.15, 0.2) is 23.0 Å². The molecular formula is C20H14NaO7. The van der Waals surface area contributed by atoms with E-state index in [0.717, 1.165) is 0 Å². The number of carbonyl (C=O) groups is 1. The minimum absolute atomic E-state index is 0. The Morgan fingerprint density at radius 3 is 2.43 bits per heavy atom. The Bertz CT molecular complexity index is 1110. The molecule has 2 aliphatic rings. The van der Waals surface area contributed by atoms with Crippen molar-refractivity contribution in [3.8, 4) is 34.1 Å². The van der Waals surface area contributed by atoms with Crippen LogP contribution >= 0.6 is 0 Å². The SMILES string of the molecule is O=C(O)c1cc2ccc3c(c2c(-c2ccc4c(c2)OCO4)c1CO)OCO3.[Na]. The van der Waals surface area contributed by atoms with Crippen molar-refractivity contribution in [2.24, 2.45) is 0 Å². The van der Waals surface area contributed by atoms with Crippen molar-refractivity contribution in [2.45, 2.75) is 6.61 Å². The number of aromatic carboxylic acids is 1. The quantitative estimate of drug-likeness (QED) is 0.665. The summed E-state index contributed by atoms with van der Waals surface area (Å²) in [6.07, 6.45) is 0. The van der Waals surface area contributed by atoms with E-state index in [2.05, 4.69) is 0 Å². The van der Waals surface area contributed by atoms with Crippen molar-refractivity contribution in [2.75, 3.05) is 13.6 Å². The summed E-state index contributed by atoms with van der Waals surface area (Å²) in [5, 5.41) is 21.1. The van der Waals surface area contributed by atoms with Gasteiger partial charge < -0.3 is 29.2 Å². The molecule has 0 fully saturated rings. The zero-order chi connectivity index (χ0) is 18.5. The number of carboxylic acid groups (broad SMARTS) is 1. The largest absolute Gasteiger partial charge is 0.478 e. The molecule has 0 aromatic heterocycles. The Hall–Kier alpha value is -2.45. The van der Waals surface area contributed by atoms with Crippen LogP contribution in [0.3, 0.4) is 0 Å². The molecule has 0 unspecified atom stereocenters. The van der Waals surface area contributed by atoms with Crippen molar-refractivity contribution in [3.05, 3.63) is 47.5 Å². The standard InChI is InChI=1S/C20H14O7.Na/c21-7-13-12(20(22)23)5-10-2-4-15-19(27-9-25-15)18(10)17(13)11-1-3-14-16(6-11)26-8-24-14;/h1-6,21H,7-9H2,(H,22,23);. The molecule has 7 nitrogen and oxygen atoms in total. The number of benzene rings is 3. The van der Waals surface area contributed by atoms with E-state index in [9.17, 15) is 15.0 Å². The second kappa shape index (κ2) is 7.18. The maximum absolute atomic E-state index is 11.8. The van der Waals surface area contributed by atoms with E-state index in [1.54, 1.807) is 30.3 Å². The summed E-state index contributed by atoms with van der Waals surface area (Å²) in [5.74, 6) is 1.19. The second-order valence-electron chi connectivity index (χ2n) is 6.21. The van der Waals surface area contributed by atoms with Crippen LogP contribution in [0.25, 0.3) is 21.9 Å². The Morgan fingerprint density at radius 1 is 0.929 bits per heavy atom. The molecule has 28 heavy (non-hydrogen) atoms. The average molecular weight is 389 g/mol. The molecule has 2 aliphatic heterocycles. The van der Waals surface area contributed by atoms with Gasteiger partial charge in [0.1, 0.15) is 0 Å². The predicted octanol–water partition coefficient (Wildman–Crippen LogP) is 2.77. The van der Waals surface area contributed by atoms with Crippen LogP contribution in [-0.4, -0.2) is 59.3 Å². The van der Waals surface area contributed by atoms with E-state index >= 15 is 0 Å². The summed E-state index contributed by atoms with van der Waals surface area (Å²) in [6.45, 7) is -0.218. The van der Waals surface area contributed by atoms with Gasteiger partial charge in [-0.05, 0) is 40.8 Å². The Morgan fingerprint density at radius 2 is 1.64 bits per heavy atom. The minimum Gasteiger partial charge on any atom is -0.478 e. The van der Waals surface area contributed by atoms with Crippen LogP contribution in [0.1, 0.15) is 15.9 Å². The van der Waals surface area contributed by atoms with Gasteiger partial charge in [0.05, 0.1) is 12.2 Å². The first-order chi connectivity index (χ1) is 13.2. The molecule has 1 radical (unpaired) electrons. The molecule has 0 saturated heterocycles. The summed E-state index contributed by atoms with van der Waals surface area (Å²) in [6, 6.07) is 10.4. The van der Waals surface area contributed by atoms with E-state index in [-0.39, 0.29) is 48.7 Å². The number of aliphatic hydroxyl groups excluding tert-OH is 1. The number of ether oxygens (including phenoxy) is 4. The molecule has 2 N–H and O–H groups in total. The number of aliphatic hydroxyl groups is 1. The number of fused-ring (bicyclic) bond motifs is 4. The summed E-state index contributed by atoms with van der Waals surface area (Å²) in [4.78, 5) is 11.8. The van der Waals surface area contributed by atoms with Crippen LogP contribution in [0.15, 0.2) is 36.4 Å². The number of hydrogen-bond acceptors (Lipinski definition) is 6. The molecule has 2 heterocycles. The Kier molecular flexibility index (Phi) is 4.84. The van der Waals surface area contributed by atoms with Crippen LogP contribution in [0.2, 0.25) is 0 Å². The van der Waals surface area contributed by atoms with E-state index in [1.165, 1.54) is 0 Å². The predicted molar refractivity (Wildman–Crippen MR) is 100 cm³/mol. The van der Waals surface area contributed by atoms with Gasteiger partial charge >= 0.3 is 5.97 Å². The third-order valence-electron chi connectivity index (χ3n) is 4.80. The molecule has 0 amide bonds. The number of hydrogen-bond donors (Lipinski definition) is 2. The summed E-state index contributed by atoms with van der Waals surface area (Å²) in [7, 11) is 0. The molecule has 3 aromatic carbocycles. The van der Waals surface area contributed by atoms with Gasteiger partial charge in [-0.25, -0.2) is 4.79 Å². The third kappa shape index (κ3) is 2.79. The molecule has 0 bridgehead atoms. The number of carboxylic acids is 1. The van der Waals surface area contributed by atoms with E-state index in [0.29, 0.717) is 50.5 Å². The summed E-state index contributed by atoms with van der Waals surface area (Å²) >= 11 is 0. The van der Waals surface area contributed by atoms with Gasteiger partial charge in [-0.15, -0.1) is 0 Å². The van der Waals surface area contributed by atoms with Crippen LogP contribution in [0.4, 0.5) is 0 Å². The number of rotatable bonds is 3. The first-order valence-electron chi connectivity index (χ1n) is 8.29. The molecule has 137 valence electrons. The fourth-order valence-corrected chi connectivity index (χ4v) is 3.62. The first kappa shape index (κ1) is 18.9. The minimum atomic E-state index is -1.11. The molecule has 3 aromatic rings. The summed E-state index contributed by atoms with van der Waals surface area (Å²) < 4.78 is 22.0. The van der Waals surface area contributed by atoms with Crippen LogP contribution in [-0.2, 0) is 6.61 Å². The van der Waals surface area contributed by atoms with Crippen molar-refractivity contribution in [3.63, 3.8) is 0 Å². The average Bonchev–Trinajstić information content (AvgIpc) is 3.34. The van der Waals surface area contributed by atoms with Crippen molar-refractivity contribution >= 4 is 46.3 Å². The smallest absolute Gasteiger partial charge is 0.336 e. The Balaban J connectivity index is 0.00000192. The van der Waals surface area contributed by atoms with Gasteiger partial charge in [-0.3, -0.25) is 0 Å². The van der Waals surface area contributed by atoms with Crippen molar-refractivity contribution in [1.29, 1.82) is 0 Å². The monoisotopic (exact) mass is 389 g/mol. The zero-order valence-electron chi connectivity index (χ0n) is 15.0. The van der Waals surface area contributed by atoms with Gasteiger partial charge in [0, 0.05) is 40.5 Å². The van der Waals surface area contributed by atoms with E-state index in [1.807, 2.05) is 6.07 Å². The maximum Gasteiger partial charge on any atom is 0.336 e.